The summed E-state index contributed by atoms with van der Waals surface area (Å²) in [6.45, 7) is 13.0. The molecule has 0 saturated carbocycles. The highest BCUT2D eigenvalue weighted by molar-refractivity contribution is 7.66. The minimum absolute atomic E-state index is 0.0550. The molecular weight excluding hydrogens is 211 g/mol. The molecule has 88 valence electrons. The van der Waals surface area contributed by atoms with E-state index in [9.17, 15) is 0 Å². The fourth-order valence-corrected chi connectivity index (χ4v) is 5.01. The van der Waals surface area contributed by atoms with Gasteiger partial charge in [-0.1, -0.05) is 46.0 Å². The second-order valence-corrected chi connectivity index (χ2v) is 7.09. The van der Waals surface area contributed by atoms with Crippen LogP contribution >= 0.6 is 7.92 Å². The van der Waals surface area contributed by atoms with Gasteiger partial charge in [-0.15, -0.1) is 6.58 Å². The Hall–Kier alpha value is -0.610. The van der Waals surface area contributed by atoms with Crippen LogP contribution in [0.25, 0.3) is 0 Å². The Kier molecular flexibility index (Phi) is 5.22. The maximum atomic E-state index is 3.91. The molecular formula is C15H23P. The molecule has 0 spiro atoms. The third-order valence-corrected chi connectivity index (χ3v) is 5.90. The quantitative estimate of drug-likeness (QED) is 0.527. The van der Waals surface area contributed by atoms with Crippen LogP contribution in [0.1, 0.15) is 25.0 Å². The molecule has 1 heteroatoms. The number of aryl methyl sites for hydroxylation is 2. The maximum absolute atomic E-state index is 3.91. The second-order valence-electron chi connectivity index (χ2n) is 4.83. The summed E-state index contributed by atoms with van der Waals surface area (Å²) in [4.78, 5) is 0. The predicted molar refractivity (Wildman–Crippen MR) is 77.2 cm³/mol. The Morgan fingerprint density at radius 1 is 1.25 bits per heavy atom. The largest absolute Gasteiger partial charge is 0.103 e. The highest BCUT2D eigenvalue weighted by Crippen LogP contribution is 2.38. The summed E-state index contributed by atoms with van der Waals surface area (Å²) in [6, 6.07) is 6.63. The van der Waals surface area contributed by atoms with Gasteiger partial charge in [0.05, 0.1) is 0 Å². The first kappa shape index (κ1) is 13.5. The van der Waals surface area contributed by atoms with E-state index in [4.69, 9.17) is 0 Å². The topological polar surface area (TPSA) is 0 Å². The Bertz CT molecular complexity index is 332. The fourth-order valence-electron chi connectivity index (χ4n) is 2.16. The average Bonchev–Trinajstić information content (AvgIpc) is 2.16. The van der Waals surface area contributed by atoms with Gasteiger partial charge in [0.25, 0.3) is 0 Å². The van der Waals surface area contributed by atoms with Gasteiger partial charge in [-0.2, -0.15) is 0 Å². The molecule has 0 heterocycles. The van der Waals surface area contributed by atoms with Crippen molar-refractivity contribution in [1.29, 1.82) is 0 Å². The van der Waals surface area contributed by atoms with Crippen LogP contribution in [0.15, 0.2) is 30.9 Å². The van der Waals surface area contributed by atoms with Crippen molar-refractivity contribution >= 4 is 13.2 Å². The molecule has 0 saturated heterocycles. The molecule has 0 aromatic heterocycles. The SMILES string of the molecule is C=CC[P@@](CC(C)C)c1c(C)cccc1C. The van der Waals surface area contributed by atoms with E-state index in [1.54, 1.807) is 5.30 Å². The van der Waals surface area contributed by atoms with Gasteiger partial charge in [-0.05, 0) is 48.5 Å². The van der Waals surface area contributed by atoms with E-state index < -0.39 is 0 Å². The van der Waals surface area contributed by atoms with Gasteiger partial charge >= 0.3 is 0 Å². The second kappa shape index (κ2) is 6.21. The molecule has 1 aromatic rings. The summed E-state index contributed by atoms with van der Waals surface area (Å²) in [7, 11) is -0.0550. The van der Waals surface area contributed by atoms with Crippen molar-refractivity contribution in [2.75, 3.05) is 12.3 Å². The number of hydrogen-bond acceptors (Lipinski definition) is 0. The summed E-state index contributed by atoms with van der Waals surface area (Å²) >= 11 is 0. The van der Waals surface area contributed by atoms with Gasteiger partial charge in [0.2, 0.25) is 0 Å². The summed E-state index contributed by atoms with van der Waals surface area (Å²) in [6.07, 6.45) is 4.55. The van der Waals surface area contributed by atoms with Crippen molar-refractivity contribution in [1.82, 2.24) is 0 Å². The van der Waals surface area contributed by atoms with Crippen molar-refractivity contribution in [2.45, 2.75) is 27.7 Å². The zero-order valence-electron chi connectivity index (χ0n) is 11.0. The molecule has 0 amide bonds. The van der Waals surface area contributed by atoms with Crippen LogP contribution in [0.3, 0.4) is 0 Å². The Labute approximate surface area is 102 Å². The van der Waals surface area contributed by atoms with Gasteiger partial charge in [0, 0.05) is 0 Å². The lowest BCUT2D eigenvalue weighted by atomic mass is 10.2. The van der Waals surface area contributed by atoms with Crippen LogP contribution in [-0.2, 0) is 0 Å². The first-order chi connectivity index (χ1) is 7.56. The van der Waals surface area contributed by atoms with Crippen molar-refractivity contribution in [3.8, 4) is 0 Å². The highest BCUT2D eigenvalue weighted by Gasteiger charge is 2.15. The maximum Gasteiger partial charge on any atom is -0.0107 e. The van der Waals surface area contributed by atoms with Crippen LogP contribution in [0, 0.1) is 19.8 Å². The smallest absolute Gasteiger partial charge is 0.0107 e. The Morgan fingerprint density at radius 2 is 1.81 bits per heavy atom. The van der Waals surface area contributed by atoms with E-state index in [2.05, 4.69) is 58.5 Å². The standard InChI is InChI=1S/C15H23P/c1-6-10-16(11-12(2)3)15-13(4)8-7-9-14(15)5/h6-9,12H,1,10-11H2,2-5H3/t16-/m0/s1. The van der Waals surface area contributed by atoms with Crippen molar-refractivity contribution in [3.63, 3.8) is 0 Å². The van der Waals surface area contributed by atoms with Gasteiger partial charge < -0.3 is 0 Å². The van der Waals surface area contributed by atoms with E-state index in [0.717, 1.165) is 12.1 Å². The Balaban J connectivity index is 3.04. The summed E-state index contributed by atoms with van der Waals surface area (Å²) < 4.78 is 0. The number of hydrogen-bond donors (Lipinski definition) is 0. The molecule has 0 aliphatic heterocycles. The minimum Gasteiger partial charge on any atom is -0.103 e. The lowest BCUT2D eigenvalue weighted by Gasteiger charge is -2.22. The first-order valence-electron chi connectivity index (χ1n) is 5.98. The Morgan fingerprint density at radius 3 is 2.25 bits per heavy atom. The number of rotatable bonds is 5. The molecule has 1 atom stereocenters. The van der Waals surface area contributed by atoms with Gasteiger partial charge in [-0.3, -0.25) is 0 Å². The molecule has 0 radical (unpaired) electrons. The third kappa shape index (κ3) is 3.46. The average molecular weight is 234 g/mol. The predicted octanol–water partition coefficient (Wildman–Crippen LogP) is 4.25. The zero-order valence-corrected chi connectivity index (χ0v) is 11.8. The molecule has 1 aromatic carbocycles. The van der Waals surface area contributed by atoms with Crippen LogP contribution in [0.5, 0.6) is 0 Å². The van der Waals surface area contributed by atoms with Crippen molar-refractivity contribution < 1.29 is 0 Å². The van der Waals surface area contributed by atoms with Crippen molar-refractivity contribution in [3.05, 3.63) is 42.0 Å². The zero-order chi connectivity index (χ0) is 12.1. The molecule has 0 aliphatic carbocycles. The lowest BCUT2D eigenvalue weighted by molar-refractivity contribution is 0.746. The van der Waals surface area contributed by atoms with E-state index in [1.165, 1.54) is 17.3 Å². The molecule has 0 N–H and O–H groups in total. The van der Waals surface area contributed by atoms with Gasteiger partial charge in [-0.25, -0.2) is 0 Å². The normalized spacial score (nSPS) is 12.8. The van der Waals surface area contributed by atoms with Crippen LogP contribution in [0.2, 0.25) is 0 Å². The van der Waals surface area contributed by atoms with Crippen LogP contribution in [0.4, 0.5) is 0 Å². The minimum atomic E-state index is -0.0550. The lowest BCUT2D eigenvalue weighted by Crippen LogP contribution is -2.15. The molecule has 0 nitrogen and oxygen atoms in total. The summed E-state index contributed by atoms with van der Waals surface area (Å²) in [5, 5.41) is 1.60. The fraction of sp³-hybridized carbons (Fsp3) is 0.467. The van der Waals surface area contributed by atoms with E-state index in [1.807, 2.05) is 0 Å². The molecule has 1 rings (SSSR count). The highest BCUT2D eigenvalue weighted by atomic mass is 31.1. The number of allylic oxidation sites excluding steroid dienone is 1. The van der Waals surface area contributed by atoms with Gasteiger partial charge in [0.15, 0.2) is 0 Å². The third-order valence-electron chi connectivity index (χ3n) is 2.69. The summed E-state index contributed by atoms with van der Waals surface area (Å²) in [5.74, 6) is 0.769. The van der Waals surface area contributed by atoms with Crippen molar-refractivity contribution in [2.24, 2.45) is 5.92 Å². The van der Waals surface area contributed by atoms with E-state index in [0.29, 0.717) is 0 Å². The molecule has 0 fully saturated rings. The molecule has 0 aliphatic rings. The number of benzene rings is 1. The monoisotopic (exact) mass is 234 g/mol. The first-order valence-corrected chi connectivity index (χ1v) is 7.69. The van der Waals surface area contributed by atoms with E-state index >= 15 is 0 Å². The molecule has 0 bridgehead atoms. The van der Waals surface area contributed by atoms with E-state index in [-0.39, 0.29) is 7.92 Å². The molecule has 16 heavy (non-hydrogen) atoms. The van der Waals surface area contributed by atoms with Gasteiger partial charge in [0.1, 0.15) is 0 Å². The van der Waals surface area contributed by atoms with Crippen LogP contribution in [-0.4, -0.2) is 12.3 Å². The molecule has 0 unspecified atom stereocenters. The van der Waals surface area contributed by atoms with Crippen LogP contribution < -0.4 is 5.30 Å². The summed E-state index contributed by atoms with van der Waals surface area (Å²) in [5.41, 5.74) is 2.90.